The Balaban J connectivity index is 2.05. The number of nitro benzene ring substituents is 1. The van der Waals surface area contributed by atoms with Crippen LogP contribution in [-0.2, 0) is 24.3 Å². The van der Waals surface area contributed by atoms with Crippen molar-refractivity contribution in [2.75, 3.05) is 11.9 Å². The van der Waals surface area contributed by atoms with Crippen LogP contribution < -0.4 is 10.0 Å². The third kappa shape index (κ3) is 6.83. The van der Waals surface area contributed by atoms with Crippen molar-refractivity contribution < 1.29 is 27.7 Å². The van der Waals surface area contributed by atoms with Crippen molar-refractivity contribution in [2.45, 2.75) is 31.7 Å². The number of aryl methyl sites for hydroxylation is 1. The van der Waals surface area contributed by atoms with Gasteiger partial charge in [0.05, 0.1) is 21.1 Å². The zero-order valence-corrected chi connectivity index (χ0v) is 18.9. The second-order valence-corrected chi connectivity index (χ2v) is 9.12. The molecule has 0 aliphatic heterocycles. The summed E-state index contributed by atoms with van der Waals surface area (Å²) in [6, 6.07) is 9.83. The average molecular weight is 474 g/mol. The van der Waals surface area contributed by atoms with Crippen LogP contribution in [0.5, 0.6) is 0 Å². The summed E-state index contributed by atoms with van der Waals surface area (Å²) in [5.41, 5.74) is 0.406. The van der Waals surface area contributed by atoms with Crippen molar-refractivity contribution in [3.63, 3.8) is 0 Å². The Hall–Kier alpha value is -3.82. The van der Waals surface area contributed by atoms with Gasteiger partial charge in [0.1, 0.15) is 12.1 Å². The molecule has 0 radical (unpaired) electrons. The lowest BCUT2D eigenvalue weighted by molar-refractivity contribution is -0.384. The number of esters is 1. The van der Waals surface area contributed by atoms with Gasteiger partial charge < -0.3 is 10.1 Å². The number of hydrogen-bond acceptors (Lipinski definition) is 8. The summed E-state index contributed by atoms with van der Waals surface area (Å²) in [5, 5.41) is 22.3. The van der Waals surface area contributed by atoms with E-state index in [2.05, 4.69) is 10.0 Å². The Morgan fingerprint density at radius 2 is 1.82 bits per heavy atom. The van der Waals surface area contributed by atoms with Crippen molar-refractivity contribution in [1.82, 2.24) is 4.72 Å². The van der Waals surface area contributed by atoms with Crippen molar-refractivity contribution in [2.24, 2.45) is 5.92 Å². The summed E-state index contributed by atoms with van der Waals surface area (Å²) < 4.78 is 32.5. The highest BCUT2D eigenvalue weighted by atomic mass is 32.2. The van der Waals surface area contributed by atoms with Gasteiger partial charge in [0.2, 0.25) is 10.0 Å². The molecule has 0 saturated heterocycles. The molecule has 1 atom stereocenters. The van der Waals surface area contributed by atoms with Crippen LogP contribution in [0, 0.1) is 34.3 Å². The van der Waals surface area contributed by atoms with Gasteiger partial charge in [-0.25, -0.2) is 8.42 Å². The first kappa shape index (κ1) is 25.4. The van der Waals surface area contributed by atoms with E-state index in [1.165, 1.54) is 18.2 Å². The number of amides is 1. The lowest BCUT2D eigenvalue weighted by Crippen LogP contribution is -2.45. The van der Waals surface area contributed by atoms with Crippen molar-refractivity contribution in [3.8, 4) is 6.07 Å². The molecular weight excluding hydrogens is 452 g/mol. The molecule has 0 bridgehead atoms. The number of carbonyl (C=O) groups excluding carboxylic acids is 2. The first-order chi connectivity index (χ1) is 15.4. The third-order valence-electron chi connectivity index (χ3n) is 4.49. The fourth-order valence-corrected chi connectivity index (χ4v) is 4.00. The summed E-state index contributed by atoms with van der Waals surface area (Å²) in [6.07, 6.45) is 0. The quantitative estimate of drug-likeness (QED) is 0.317. The van der Waals surface area contributed by atoms with E-state index >= 15 is 0 Å². The first-order valence-electron chi connectivity index (χ1n) is 9.68. The van der Waals surface area contributed by atoms with Crippen LogP contribution in [-0.4, -0.2) is 37.9 Å². The predicted octanol–water partition coefficient (Wildman–Crippen LogP) is 2.26. The third-order valence-corrected chi connectivity index (χ3v) is 5.95. The Labute approximate surface area is 190 Å². The van der Waals surface area contributed by atoms with Gasteiger partial charge in [-0.2, -0.15) is 9.98 Å². The predicted molar refractivity (Wildman–Crippen MR) is 118 cm³/mol. The van der Waals surface area contributed by atoms with E-state index in [0.29, 0.717) is 0 Å². The van der Waals surface area contributed by atoms with Gasteiger partial charge in [-0.15, -0.1) is 0 Å². The van der Waals surface area contributed by atoms with Crippen LogP contribution in [0.4, 0.5) is 11.4 Å². The number of non-ortho nitro benzene ring substituents is 1. The van der Waals surface area contributed by atoms with Gasteiger partial charge in [-0.1, -0.05) is 31.5 Å². The maximum atomic E-state index is 12.6. The van der Waals surface area contributed by atoms with Crippen LogP contribution in [0.15, 0.2) is 47.4 Å². The second kappa shape index (κ2) is 10.7. The highest BCUT2D eigenvalue weighted by molar-refractivity contribution is 7.89. The molecule has 2 aromatic carbocycles. The van der Waals surface area contributed by atoms with E-state index in [4.69, 9.17) is 10.00 Å². The number of carbonyl (C=O) groups is 2. The number of nitriles is 1. The summed E-state index contributed by atoms with van der Waals surface area (Å²) >= 11 is 0. The molecule has 33 heavy (non-hydrogen) atoms. The number of ether oxygens (including phenoxy) is 1. The Kier molecular flexibility index (Phi) is 8.22. The Morgan fingerprint density at radius 3 is 2.36 bits per heavy atom. The molecular formula is C21H22N4O7S. The largest absolute Gasteiger partial charge is 0.454 e. The molecule has 0 aliphatic rings. The summed E-state index contributed by atoms with van der Waals surface area (Å²) in [6.45, 7) is 4.27. The zero-order chi connectivity index (χ0) is 24.8. The standard InChI is InChI=1S/C21H22N4O7S/c1-13(2)20(24-33(30,31)17-7-4-14(3)5-8-17)21(27)32-12-19(26)23-18-9-6-16(25(28)29)10-15(18)11-22/h4-10,13,20,24H,12H2,1-3H3,(H,23,26)/t20-/m0/s1. The molecule has 0 fully saturated rings. The maximum Gasteiger partial charge on any atom is 0.324 e. The SMILES string of the molecule is Cc1ccc(S(=O)(=O)N[C@H](C(=O)OCC(=O)Nc2ccc([N+](=O)[O-])cc2C#N)C(C)C)cc1. The van der Waals surface area contributed by atoms with Gasteiger partial charge in [-0.3, -0.25) is 19.7 Å². The summed E-state index contributed by atoms with van der Waals surface area (Å²) in [5.74, 6) is -2.25. The van der Waals surface area contributed by atoms with Crippen LogP contribution in [0.3, 0.4) is 0 Å². The van der Waals surface area contributed by atoms with E-state index < -0.39 is 45.4 Å². The minimum Gasteiger partial charge on any atom is -0.454 e. The lowest BCUT2D eigenvalue weighted by Gasteiger charge is -2.20. The van der Waals surface area contributed by atoms with Gasteiger partial charge >= 0.3 is 5.97 Å². The number of nitro groups is 1. The Morgan fingerprint density at radius 1 is 1.18 bits per heavy atom. The minimum atomic E-state index is -4.02. The highest BCUT2D eigenvalue weighted by Gasteiger charge is 2.30. The number of anilines is 1. The highest BCUT2D eigenvalue weighted by Crippen LogP contribution is 2.21. The van der Waals surface area contributed by atoms with E-state index in [1.807, 2.05) is 0 Å². The summed E-state index contributed by atoms with van der Waals surface area (Å²) in [7, 11) is -4.02. The van der Waals surface area contributed by atoms with E-state index in [-0.39, 0.29) is 21.8 Å². The molecule has 2 rings (SSSR count). The Bertz CT molecular complexity index is 1200. The van der Waals surface area contributed by atoms with Gasteiger partial charge in [0.25, 0.3) is 11.6 Å². The molecule has 1 amide bonds. The molecule has 0 spiro atoms. The number of nitrogens with zero attached hydrogens (tertiary/aromatic N) is 2. The zero-order valence-electron chi connectivity index (χ0n) is 18.1. The molecule has 0 unspecified atom stereocenters. The van der Waals surface area contributed by atoms with Crippen LogP contribution >= 0.6 is 0 Å². The molecule has 0 heterocycles. The van der Waals surface area contributed by atoms with E-state index in [9.17, 15) is 28.1 Å². The maximum absolute atomic E-state index is 12.6. The molecule has 2 N–H and O–H groups in total. The lowest BCUT2D eigenvalue weighted by atomic mass is 10.1. The molecule has 2 aromatic rings. The van der Waals surface area contributed by atoms with Gasteiger partial charge in [0, 0.05) is 12.1 Å². The fraction of sp³-hybridized carbons (Fsp3) is 0.286. The van der Waals surface area contributed by atoms with E-state index in [0.717, 1.165) is 17.7 Å². The van der Waals surface area contributed by atoms with E-state index in [1.54, 1.807) is 39.0 Å². The smallest absolute Gasteiger partial charge is 0.324 e. The number of rotatable bonds is 9. The van der Waals surface area contributed by atoms with Crippen molar-refractivity contribution in [3.05, 3.63) is 63.7 Å². The summed E-state index contributed by atoms with van der Waals surface area (Å²) in [4.78, 5) is 34.8. The van der Waals surface area contributed by atoms with Crippen molar-refractivity contribution in [1.29, 1.82) is 5.26 Å². The normalized spacial score (nSPS) is 12.0. The molecule has 12 heteroatoms. The van der Waals surface area contributed by atoms with Crippen LogP contribution in [0.25, 0.3) is 0 Å². The number of benzene rings is 2. The molecule has 0 saturated carbocycles. The van der Waals surface area contributed by atoms with Gasteiger partial charge in [-0.05, 0) is 31.0 Å². The van der Waals surface area contributed by atoms with Crippen LogP contribution in [0.1, 0.15) is 25.0 Å². The second-order valence-electron chi connectivity index (χ2n) is 7.41. The van der Waals surface area contributed by atoms with Crippen LogP contribution in [0.2, 0.25) is 0 Å². The fourth-order valence-electron chi connectivity index (χ4n) is 2.67. The van der Waals surface area contributed by atoms with Gasteiger partial charge in [0.15, 0.2) is 6.61 Å². The van der Waals surface area contributed by atoms with Crippen molar-refractivity contribution >= 4 is 33.3 Å². The average Bonchev–Trinajstić information content (AvgIpc) is 2.76. The number of nitrogens with one attached hydrogen (secondary N) is 2. The number of sulfonamides is 1. The number of hydrogen-bond donors (Lipinski definition) is 2. The first-order valence-corrected chi connectivity index (χ1v) is 11.2. The monoisotopic (exact) mass is 474 g/mol. The topological polar surface area (TPSA) is 168 Å². The minimum absolute atomic E-state index is 0.00429. The molecule has 174 valence electrons. The molecule has 11 nitrogen and oxygen atoms in total. The molecule has 0 aromatic heterocycles. The molecule has 0 aliphatic carbocycles.